The summed E-state index contributed by atoms with van der Waals surface area (Å²) >= 11 is 0. The quantitative estimate of drug-likeness (QED) is 0.805. The number of hydrogen-bond acceptors (Lipinski definition) is 6. The van der Waals surface area contributed by atoms with Crippen molar-refractivity contribution in [2.45, 2.75) is 33.4 Å². The van der Waals surface area contributed by atoms with Gasteiger partial charge < -0.3 is 14.2 Å². The van der Waals surface area contributed by atoms with Gasteiger partial charge in [0.2, 0.25) is 11.8 Å². The Morgan fingerprint density at radius 3 is 2.64 bits per heavy atom. The predicted molar refractivity (Wildman–Crippen MR) is 78.8 cm³/mol. The van der Waals surface area contributed by atoms with Crippen LogP contribution in [0.2, 0.25) is 0 Å². The molecular weight excluding hydrogens is 284 g/mol. The van der Waals surface area contributed by atoms with Gasteiger partial charge in [0.25, 0.3) is 0 Å². The van der Waals surface area contributed by atoms with Crippen LogP contribution in [0.5, 0.6) is 0 Å². The molecule has 0 bridgehead atoms. The second-order valence-corrected chi connectivity index (χ2v) is 6.88. The number of nitrogens with zero attached hydrogens (tertiary/aromatic N) is 4. The summed E-state index contributed by atoms with van der Waals surface area (Å²) in [6.07, 6.45) is 1.02. The molecule has 7 nitrogen and oxygen atoms in total. The van der Waals surface area contributed by atoms with Crippen LogP contribution >= 0.6 is 0 Å². The maximum Gasteiger partial charge on any atom is 0.240 e. The number of rotatable bonds is 5. The van der Waals surface area contributed by atoms with Crippen LogP contribution in [0.4, 0.5) is 0 Å². The van der Waals surface area contributed by atoms with E-state index < -0.39 is 0 Å². The maximum absolute atomic E-state index is 12.4. The van der Waals surface area contributed by atoms with Crippen LogP contribution in [0, 0.1) is 11.3 Å². The van der Waals surface area contributed by atoms with E-state index >= 15 is 0 Å². The van der Waals surface area contributed by atoms with E-state index in [1.54, 1.807) is 7.11 Å². The molecule has 3 rings (SSSR count). The number of carbonyl (C=O) groups excluding carboxylic acids is 1. The van der Waals surface area contributed by atoms with Crippen molar-refractivity contribution >= 4 is 5.91 Å². The molecule has 1 aromatic heterocycles. The number of aromatic nitrogens is 2. The average Bonchev–Trinajstić information content (AvgIpc) is 2.91. The fourth-order valence-corrected chi connectivity index (χ4v) is 2.97. The second-order valence-electron chi connectivity index (χ2n) is 6.88. The minimum atomic E-state index is 0.204. The van der Waals surface area contributed by atoms with E-state index in [0.717, 1.165) is 32.6 Å². The van der Waals surface area contributed by atoms with Crippen molar-refractivity contribution < 1.29 is 14.1 Å². The number of hydrogen-bond donors (Lipinski definition) is 0. The normalized spacial score (nSPS) is 24.5. The molecule has 2 aliphatic rings. The number of piperazine rings is 1. The summed E-state index contributed by atoms with van der Waals surface area (Å²) in [5, 5.41) is 3.86. The van der Waals surface area contributed by atoms with E-state index in [1.807, 2.05) is 4.90 Å². The summed E-state index contributed by atoms with van der Waals surface area (Å²) < 4.78 is 10.2. The molecule has 0 unspecified atom stereocenters. The molecule has 1 aliphatic heterocycles. The summed E-state index contributed by atoms with van der Waals surface area (Å²) in [5.41, 5.74) is 0.204. The van der Waals surface area contributed by atoms with Crippen molar-refractivity contribution in [1.29, 1.82) is 0 Å². The van der Waals surface area contributed by atoms with E-state index in [4.69, 9.17) is 9.26 Å². The molecule has 122 valence electrons. The Morgan fingerprint density at radius 2 is 2.05 bits per heavy atom. The molecule has 1 aromatic rings. The minimum Gasteiger partial charge on any atom is -0.377 e. The number of amides is 1. The largest absolute Gasteiger partial charge is 0.377 e. The SMILES string of the molecule is COCc1noc(CN2CCN(C(=O)[C@H]3CC3(C)C)CC2)n1. The molecule has 7 heteroatoms. The van der Waals surface area contributed by atoms with Crippen molar-refractivity contribution in [2.24, 2.45) is 11.3 Å². The van der Waals surface area contributed by atoms with Crippen LogP contribution in [0.25, 0.3) is 0 Å². The fraction of sp³-hybridized carbons (Fsp3) is 0.800. The van der Waals surface area contributed by atoms with Gasteiger partial charge in [0.15, 0.2) is 5.82 Å². The van der Waals surface area contributed by atoms with Crippen LogP contribution in [0.15, 0.2) is 4.52 Å². The molecular formula is C15H24N4O3. The smallest absolute Gasteiger partial charge is 0.240 e. The summed E-state index contributed by atoms with van der Waals surface area (Å²) in [5.74, 6) is 1.73. The van der Waals surface area contributed by atoms with Gasteiger partial charge >= 0.3 is 0 Å². The van der Waals surface area contributed by atoms with Gasteiger partial charge in [-0.05, 0) is 11.8 Å². The Kier molecular flexibility index (Phi) is 4.18. The zero-order valence-corrected chi connectivity index (χ0v) is 13.5. The Hall–Kier alpha value is -1.47. The first-order chi connectivity index (χ1) is 10.5. The highest BCUT2D eigenvalue weighted by Gasteiger charge is 2.52. The Morgan fingerprint density at radius 1 is 1.36 bits per heavy atom. The Labute approximate surface area is 130 Å². The monoisotopic (exact) mass is 308 g/mol. The Bertz CT molecular complexity index is 535. The summed E-state index contributed by atoms with van der Waals surface area (Å²) in [6, 6.07) is 0. The van der Waals surface area contributed by atoms with E-state index in [0.29, 0.717) is 30.8 Å². The minimum absolute atomic E-state index is 0.204. The van der Waals surface area contributed by atoms with Crippen LogP contribution in [0.3, 0.4) is 0 Å². The van der Waals surface area contributed by atoms with E-state index in [-0.39, 0.29) is 11.3 Å². The van der Waals surface area contributed by atoms with Crippen molar-refractivity contribution in [3.05, 3.63) is 11.7 Å². The second kappa shape index (κ2) is 5.96. The lowest BCUT2D eigenvalue weighted by molar-refractivity contribution is -0.135. The molecule has 22 heavy (non-hydrogen) atoms. The third-order valence-electron chi connectivity index (χ3n) is 4.64. The molecule has 1 saturated carbocycles. The third-order valence-corrected chi connectivity index (χ3v) is 4.64. The lowest BCUT2D eigenvalue weighted by Crippen LogP contribution is -2.49. The highest BCUT2D eigenvalue weighted by molar-refractivity contribution is 5.82. The molecule has 1 amide bonds. The molecule has 0 aromatic carbocycles. The molecule has 2 fully saturated rings. The van der Waals surface area contributed by atoms with Gasteiger partial charge in [-0.1, -0.05) is 19.0 Å². The summed E-state index contributed by atoms with van der Waals surface area (Å²) in [6.45, 7) is 8.59. The van der Waals surface area contributed by atoms with Crippen LogP contribution in [-0.4, -0.2) is 59.1 Å². The zero-order valence-electron chi connectivity index (χ0n) is 13.5. The molecule has 1 aliphatic carbocycles. The van der Waals surface area contributed by atoms with Crippen LogP contribution in [-0.2, 0) is 22.7 Å². The lowest BCUT2D eigenvalue weighted by atomic mass is 10.1. The number of carbonyl (C=O) groups is 1. The van der Waals surface area contributed by atoms with Gasteiger partial charge in [0.1, 0.15) is 6.61 Å². The standard InChI is InChI=1S/C15H24N4O3/c1-15(2)8-11(15)14(20)19-6-4-18(5-7-19)9-13-16-12(10-21-3)17-22-13/h11H,4-10H2,1-3H3/t11-/m1/s1. The third kappa shape index (κ3) is 3.30. The molecule has 1 atom stereocenters. The average molecular weight is 308 g/mol. The fourth-order valence-electron chi connectivity index (χ4n) is 2.97. The van der Waals surface area contributed by atoms with E-state index in [1.165, 1.54) is 0 Å². The first kappa shape index (κ1) is 15.4. The highest BCUT2D eigenvalue weighted by Crippen LogP contribution is 2.52. The van der Waals surface area contributed by atoms with Gasteiger partial charge in [-0.2, -0.15) is 4.98 Å². The zero-order chi connectivity index (χ0) is 15.7. The van der Waals surface area contributed by atoms with E-state index in [2.05, 4.69) is 28.9 Å². The van der Waals surface area contributed by atoms with Crippen molar-refractivity contribution in [1.82, 2.24) is 19.9 Å². The first-order valence-electron chi connectivity index (χ1n) is 7.81. The summed E-state index contributed by atoms with van der Waals surface area (Å²) in [4.78, 5) is 20.9. The van der Waals surface area contributed by atoms with Crippen molar-refractivity contribution in [3.8, 4) is 0 Å². The summed E-state index contributed by atoms with van der Waals surface area (Å²) in [7, 11) is 1.60. The molecule has 1 saturated heterocycles. The van der Waals surface area contributed by atoms with Gasteiger partial charge in [-0.25, -0.2) is 0 Å². The molecule has 0 radical (unpaired) electrons. The van der Waals surface area contributed by atoms with Crippen LogP contribution < -0.4 is 0 Å². The topological polar surface area (TPSA) is 71.7 Å². The first-order valence-corrected chi connectivity index (χ1v) is 7.81. The predicted octanol–water partition coefficient (Wildman–Crippen LogP) is 0.906. The van der Waals surface area contributed by atoms with Gasteiger partial charge in [-0.3, -0.25) is 9.69 Å². The van der Waals surface area contributed by atoms with Crippen LogP contribution in [0.1, 0.15) is 32.0 Å². The van der Waals surface area contributed by atoms with Crippen molar-refractivity contribution in [3.63, 3.8) is 0 Å². The van der Waals surface area contributed by atoms with Gasteiger partial charge in [0, 0.05) is 39.2 Å². The number of methoxy groups -OCH3 is 1. The lowest BCUT2D eigenvalue weighted by Gasteiger charge is -2.34. The molecule has 2 heterocycles. The highest BCUT2D eigenvalue weighted by atomic mass is 16.5. The Balaban J connectivity index is 1.46. The molecule has 0 N–H and O–H groups in total. The number of ether oxygens (including phenoxy) is 1. The molecule has 0 spiro atoms. The van der Waals surface area contributed by atoms with Gasteiger partial charge in [0.05, 0.1) is 6.54 Å². The maximum atomic E-state index is 12.4. The van der Waals surface area contributed by atoms with E-state index in [9.17, 15) is 4.79 Å². The van der Waals surface area contributed by atoms with Crippen molar-refractivity contribution in [2.75, 3.05) is 33.3 Å². The van der Waals surface area contributed by atoms with Gasteiger partial charge in [-0.15, -0.1) is 0 Å².